The second-order valence-electron chi connectivity index (χ2n) is 10.8. The number of benzene rings is 1. The van der Waals surface area contributed by atoms with Crippen LogP contribution in [0.1, 0.15) is 51.8 Å². The molecule has 35 heavy (non-hydrogen) atoms. The topological polar surface area (TPSA) is 99.7 Å². The van der Waals surface area contributed by atoms with E-state index in [4.69, 9.17) is 14.7 Å². The van der Waals surface area contributed by atoms with Crippen molar-refractivity contribution in [2.24, 2.45) is 5.41 Å². The van der Waals surface area contributed by atoms with Crippen LogP contribution in [0.2, 0.25) is 0 Å². The largest absolute Gasteiger partial charge is 0.377 e. The van der Waals surface area contributed by atoms with Gasteiger partial charge in [-0.05, 0) is 44.0 Å². The lowest BCUT2D eigenvalue weighted by Gasteiger charge is -2.35. The Morgan fingerprint density at radius 2 is 1.83 bits per heavy atom. The second-order valence-corrected chi connectivity index (χ2v) is 10.8. The Morgan fingerprint density at radius 3 is 2.49 bits per heavy atom. The molecule has 0 bridgehead atoms. The van der Waals surface area contributed by atoms with Gasteiger partial charge in [0.2, 0.25) is 5.91 Å². The monoisotopic (exact) mass is 478 g/mol. The lowest BCUT2D eigenvalue weighted by molar-refractivity contribution is -0.140. The van der Waals surface area contributed by atoms with Gasteiger partial charge in [0.1, 0.15) is 5.82 Å². The zero-order valence-electron chi connectivity index (χ0n) is 20.9. The number of morpholine rings is 1. The zero-order chi connectivity index (χ0) is 24.7. The summed E-state index contributed by atoms with van der Waals surface area (Å²) >= 11 is 0. The van der Waals surface area contributed by atoms with Crippen molar-refractivity contribution in [3.63, 3.8) is 0 Å². The van der Waals surface area contributed by atoms with Crippen molar-refractivity contribution >= 4 is 23.4 Å². The van der Waals surface area contributed by atoms with Crippen LogP contribution in [-0.4, -0.2) is 58.6 Å². The molecule has 1 aromatic carbocycles. The van der Waals surface area contributed by atoms with E-state index in [1.54, 1.807) is 0 Å². The maximum atomic E-state index is 13.0. The Bertz CT molecular complexity index is 1120. The number of anilines is 2. The SMILES string of the molecule is CC1COCCN1c1nc(-c2ccc(NC(=O)NC3CC3)cc2)nc2c1CN(C(=O)C(C)(C)C)C2. The molecule has 9 heteroatoms. The summed E-state index contributed by atoms with van der Waals surface area (Å²) in [4.78, 5) is 39.2. The standard InChI is InChI=1S/C26H34N6O3/c1-16-15-35-12-11-32(16)23-20-13-31(24(33)26(2,3)4)14-21(20)29-22(30-23)17-5-7-18(8-6-17)27-25(34)28-19-9-10-19/h5-8,16,19H,9-15H2,1-4H3,(H2,27,28,34). The quantitative estimate of drug-likeness (QED) is 0.697. The number of carbonyl (C=O) groups is 2. The van der Waals surface area contributed by atoms with Gasteiger partial charge in [0, 0.05) is 34.8 Å². The molecular formula is C26H34N6O3. The van der Waals surface area contributed by atoms with Crippen molar-refractivity contribution in [3.05, 3.63) is 35.5 Å². The molecular weight excluding hydrogens is 444 g/mol. The van der Waals surface area contributed by atoms with Gasteiger partial charge in [-0.2, -0.15) is 0 Å². The van der Waals surface area contributed by atoms with Crippen molar-refractivity contribution < 1.29 is 14.3 Å². The summed E-state index contributed by atoms with van der Waals surface area (Å²) in [6.45, 7) is 11.0. The minimum atomic E-state index is -0.459. The average Bonchev–Trinajstić information content (AvgIpc) is 3.52. The molecule has 3 amide bonds. The van der Waals surface area contributed by atoms with E-state index in [1.807, 2.05) is 49.9 Å². The molecule has 1 saturated carbocycles. The number of nitrogens with zero attached hydrogens (tertiary/aromatic N) is 4. The van der Waals surface area contributed by atoms with Gasteiger partial charge in [-0.3, -0.25) is 4.79 Å². The van der Waals surface area contributed by atoms with Crippen LogP contribution in [0.3, 0.4) is 0 Å². The molecule has 1 atom stereocenters. The number of carbonyl (C=O) groups excluding carboxylic acids is 2. The van der Waals surface area contributed by atoms with Crippen LogP contribution in [0.25, 0.3) is 11.4 Å². The minimum Gasteiger partial charge on any atom is -0.377 e. The van der Waals surface area contributed by atoms with Crippen molar-refractivity contribution in [3.8, 4) is 11.4 Å². The summed E-state index contributed by atoms with van der Waals surface area (Å²) in [6.07, 6.45) is 2.09. The van der Waals surface area contributed by atoms with Gasteiger partial charge in [-0.25, -0.2) is 14.8 Å². The first-order chi connectivity index (χ1) is 16.7. The summed E-state index contributed by atoms with van der Waals surface area (Å²) in [5.41, 5.74) is 3.04. The lowest BCUT2D eigenvalue weighted by Crippen LogP contribution is -2.44. The fourth-order valence-electron chi connectivity index (χ4n) is 4.55. The summed E-state index contributed by atoms with van der Waals surface area (Å²) in [6, 6.07) is 7.89. The molecule has 186 valence electrons. The first-order valence-electron chi connectivity index (χ1n) is 12.4. The number of nitrogens with one attached hydrogen (secondary N) is 2. The molecule has 3 heterocycles. The third-order valence-electron chi connectivity index (χ3n) is 6.64. The van der Waals surface area contributed by atoms with Crippen molar-refractivity contribution in [1.29, 1.82) is 0 Å². The van der Waals surface area contributed by atoms with Crippen LogP contribution < -0.4 is 15.5 Å². The summed E-state index contributed by atoms with van der Waals surface area (Å²) in [5.74, 6) is 1.62. The molecule has 2 aliphatic heterocycles. The molecule has 1 saturated heterocycles. The highest BCUT2D eigenvalue weighted by Gasteiger charge is 2.36. The molecule has 1 aliphatic carbocycles. The highest BCUT2D eigenvalue weighted by atomic mass is 16.5. The first-order valence-corrected chi connectivity index (χ1v) is 12.4. The second kappa shape index (κ2) is 9.11. The summed E-state index contributed by atoms with van der Waals surface area (Å²) < 4.78 is 5.66. The Balaban J connectivity index is 1.44. The van der Waals surface area contributed by atoms with Crippen LogP contribution in [0.15, 0.2) is 24.3 Å². The normalized spacial score (nSPS) is 19.9. The van der Waals surface area contributed by atoms with Crippen LogP contribution in [0.5, 0.6) is 0 Å². The Labute approximate surface area is 206 Å². The van der Waals surface area contributed by atoms with Gasteiger partial charge >= 0.3 is 6.03 Å². The van der Waals surface area contributed by atoms with Gasteiger partial charge in [0.25, 0.3) is 0 Å². The van der Waals surface area contributed by atoms with Gasteiger partial charge < -0.3 is 25.2 Å². The fraction of sp³-hybridized carbons (Fsp3) is 0.538. The number of ether oxygens (including phenoxy) is 1. The molecule has 3 aliphatic rings. The van der Waals surface area contributed by atoms with Crippen LogP contribution in [-0.2, 0) is 22.6 Å². The van der Waals surface area contributed by atoms with Crippen LogP contribution >= 0.6 is 0 Å². The van der Waals surface area contributed by atoms with E-state index < -0.39 is 5.41 Å². The lowest BCUT2D eigenvalue weighted by atomic mass is 9.95. The number of urea groups is 1. The summed E-state index contributed by atoms with van der Waals surface area (Å²) in [5, 5.41) is 5.80. The Morgan fingerprint density at radius 1 is 1.09 bits per heavy atom. The number of rotatable bonds is 4. The van der Waals surface area contributed by atoms with E-state index in [0.29, 0.717) is 38.2 Å². The third-order valence-corrected chi connectivity index (χ3v) is 6.64. The number of hydrogen-bond donors (Lipinski definition) is 2. The first kappa shape index (κ1) is 23.5. The minimum absolute atomic E-state index is 0.109. The molecule has 2 N–H and O–H groups in total. The van der Waals surface area contributed by atoms with Gasteiger partial charge in [-0.1, -0.05) is 20.8 Å². The van der Waals surface area contributed by atoms with E-state index in [1.165, 1.54) is 0 Å². The van der Waals surface area contributed by atoms with Gasteiger partial charge in [0.15, 0.2) is 5.82 Å². The van der Waals surface area contributed by atoms with Gasteiger partial charge in [0.05, 0.1) is 38.0 Å². The average molecular weight is 479 g/mol. The number of amides is 3. The fourth-order valence-corrected chi connectivity index (χ4v) is 4.55. The molecule has 0 radical (unpaired) electrons. The van der Waals surface area contributed by atoms with E-state index >= 15 is 0 Å². The third kappa shape index (κ3) is 5.10. The van der Waals surface area contributed by atoms with E-state index in [0.717, 1.165) is 47.7 Å². The number of hydrogen-bond acceptors (Lipinski definition) is 6. The predicted octanol–water partition coefficient (Wildman–Crippen LogP) is 3.54. The highest BCUT2D eigenvalue weighted by molar-refractivity contribution is 5.90. The molecule has 1 aromatic heterocycles. The number of fused-ring (bicyclic) bond motifs is 1. The van der Waals surface area contributed by atoms with Crippen LogP contribution in [0, 0.1) is 5.41 Å². The maximum absolute atomic E-state index is 13.0. The molecule has 2 fully saturated rings. The van der Waals surface area contributed by atoms with E-state index in [9.17, 15) is 9.59 Å². The molecule has 1 unspecified atom stereocenters. The maximum Gasteiger partial charge on any atom is 0.319 e. The van der Waals surface area contributed by atoms with Crippen molar-refractivity contribution in [2.75, 3.05) is 30.0 Å². The Hall–Kier alpha value is -3.20. The van der Waals surface area contributed by atoms with Crippen LogP contribution in [0.4, 0.5) is 16.3 Å². The smallest absolute Gasteiger partial charge is 0.319 e. The molecule has 9 nitrogen and oxygen atoms in total. The van der Waals surface area contributed by atoms with E-state index in [-0.39, 0.29) is 18.0 Å². The summed E-state index contributed by atoms with van der Waals surface area (Å²) in [7, 11) is 0. The van der Waals surface area contributed by atoms with Crippen molar-refractivity contribution in [1.82, 2.24) is 20.2 Å². The van der Waals surface area contributed by atoms with E-state index in [2.05, 4.69) is 22.5 Å². The molecule has 0 spiro atoms. The zero-order valence-corrected chi connectivity index (χ0v) is 20.9. The highest BCUT2D eigenvalue weighted by Crippen LogP contribution is 2.35. The van der Waals surface area contributed by atoms with Gasteiger partial charge in [-0.15, -0.1) is 0 Å². The predicted molar refractivity (Wildman–Crippen MR) is 134 cm³/mol. The molecule has 5 rings (SSSR count). The van der Waals surface area contributed by atoms with Crippen molar-refractivity contribution in [2.45, 2.75) is 65.7 Å². The molecule has 2 aromatic rings. The Kier molecular flexibility index (Phi) is 6.13. The number of aromatic nitrogens is 2.